The summed E-state index contributed by atoms with van der Waals surface area (Å²) in [5.41, 5.74) is 2.92. The summed E-state index contributed by atoms with van der Waals surface area (Å²) in [6.45, 7) is 10.4. The number of halogens is 1. The first kappa shape index (κ1) is 26.1. The van der Waals surface area contributed by atoms with Crippen LogP contribution in [0.3, 0.4) is 0 Å². The highest BCUT2D eigenvalue weighted by Gasteiger charge is 2.37. The minimum atomic E-state index is -0.715. The molecule has 0 fully saturated rings. The monoisotopic (exact) mass is 485 g/mol. The Morgan fingerprint density at radius 1 is 1.17 bits per heavy atom. The van der Waals surface area contributed by atoms with Gasteiger partial charge in [0.05, 0.1) is 23.4 Å². The second kappa shape index (κ2) is 11.3. The number of urea groups is 1. The number of benzene rings is 1. The van der Waals surface area contributed by atoms with Crippen molar-refractivity contribution in [2.75, 3.05) is 44.2 Å². The fourth-order valence-corrected chi connectivity index (χ4v) is 4.21. The van der Waals surface area contributed by atoms with E-state index in [1.807, 2.05) is 0 Å². The van der Waals surface area contributed by atoms with E-state index in [1.54, 1.807) is 13.8 Å². The summed E-state index contributed by atoms with van der Waals surface area (Å²) in [5, 5.41) is 14.4. The van der Waals surface area contributed by atoms with Gasteiger partial charge in [0.1, 0.15) is 5.82 Å². The van der Waals surface area contributed by atoms with Crippen molar-refractivity contribution >= 4 is 35.2 Å². The lowest BCUT2D eigenvalue weighted by Gasteiger charge is -2.18. The van der Waals surface area contributed by atoms with Gasteiger partial charge in [-0.25, -0.2) is 14.1 Å². The Morgan fingerprint density at radius 3 is 2.54 bits per heavy atom. The quantitative estimate of drug-likeness (QED) is 0.407. The maximum absolute atomic E-state index is 14.1. The van der Waals surface area contributed by atoms with Gasteiger partial charge in [-0.15, -0.1) is 0 Å². The first-order chi connectivity index (χ1) is 16.7. The van der Waals surface area contributed by atoms with E-state index in [2.05, 4.69) is 34.4 Å². The number of fused-ring (bicyclic) bond motifs is 1. The van der Waals surface area contributed by atoms with E-state index in [0.29, 0.717) is 29.1 Å². The molecule has 188 valence electrons. The van der Waals surface area contributed by atoms with Crippen LogP contribution in [0.4, 0.5) is 14.9 Å². The number of H-pyrrole nitrogens is 1. The zero-order valence-corrected chi connectivity index (χ0v) is 20.5. The Kier molecular flexibility index (Phi) is 8.42. The molecule has 0 aliphatic carbocycles. The van der Waals surface area contributed by atoms with Crippen LogP contribution in [0.1, 0.15) is 46.7 Å². The predicted molar refractivity (Wildman–Crippen MR) is 133 cm³/mol. The number of aliphatic hydroxyl groups is 1. The molecule has 4 amide bonds. The number of hydrogen-bond donors (Lipinski definition) is 4. The van der Waals surface area contributed by atoms with E-state index in [0.717, 1.165) is 24.5 Å². The number of rotatable bonds is 9. The molecule has 0 saturated carbocycles. The lowest BCUT2D eigenvalue weighted by atomic mass is 10.0. The number of anilines is 1. The molecule has 35 heavy (non-hydrogen) atoms. The van der Waals surface area contributed by atoms with Gasteiger partial charge in [0.25, 0.3) is 11.8 Å². The zero-order valence-electron chi connectivity index (χ0n) is 20.5. The summed E-state index contributed by atoms with van der Waals surface area (Å²) >= 11 is 0. The number of carbonyl (C=O) groups is 3. The Morgan fingerprint density at radius 2 is 1.89 bits per heavy atom. The standard InChI is InChI=1S/C25H32FN5O4/c1-5-30(6-2)11-9-27-23(33)22-15(3)20(29-16(22)4)14-19-18-13-17(26)7-8-21(18)31(24(19)34)25(35)28-10-12-32/h7-8,13-14,29,32H,5-6,9-12H2,1-4H3,(H,27,33)(H,28,35)/b19-14-. The van der Waals surface area contributed by atoms with Crippen molar-refractivity contribution in [1.82, 2.24) is 20.5 Å². The summed E-state index contributed by atoms with van der Waals surface area (Å²) < 4.78 is 14.1. The van der Waals surface area contributed by atoms with Gasteiger partial charge in [-0.3, -0.25) is 9.59 Å². The molecule has 0 saturated heterocycles. The zero-order chi connectivity index (χ0) is 25.7. The Balaban J connectivity index is 1.92. The van der Waals surface area contributed by atoms with Gasteiger partial charge in [0.15, 0.2) is 0 Å². The second-order valence-corrected chi connectivity index (χ2v) is 8.26. The molecular formula is C25H32FN5O4. The Bertz CT molecular complexity index is 1150. The second-order valence-electron chi connectivity index (χ2n) is 8.26. The van der Waals surface area contributed by atoms with Gasteiger partial charge in [0.2, 0.25) is 0 Å². The number of hydrogen-bond acceptors (Lipinski definition) is 5. The number of carbonyl (C=O) groups excluding carboxylic acids is 3. The molecule has 0 atom stereocenters. The van der Waals surface area contributed by atoms with Crippen molar-refractivity contribution in [3.05, 3.63) is 52.1 Å². The first-order valence-electron chi connectivity index (χ1n) is 11.7. The molecule has 1 aromatic heterocycles. The topological polar surface area (TPSA) is 118 Å². The Hall–Kier alpha value is -3.50. The van der Waals surface area contributed by atoms with Crippen LogP contribution < -0.4 is 15.5 Å². The SMILES string of the molecule is CCN(CC)CCNC(=O)c1c(C)[nH]c(/C=C2\C(=O)N(C(=O)NCCO)c3ccc(F)cc32)c1C. The number of likely N-dealkylation sites (N-methyl/N-ethyl adjacent to an activating group) is 1. The van der Waals surface area contributed by atoms with Crippen molar-refractivity contribution in [3.8, 4) is 0 Å². The van der Waals surface area contributed by atoms with Gasteiger partial charge in [-0.1, -0.05) is 13.8 Å². The molecule has 0 unspecified atom stereocenters. The highest BCUT2D eigenvalue weighted by Crippen LogP contribution is 2.38. The molecule has 1 aromatic carbocycles. The van der Waals surface area contributed by atoms with E-state index < -0.39 is 17.8 Å². The maximum Gasteiger partial charge on any atom is 0.329 e. The molecule has 3 rings (SSSR count). The highest BCUT2D eigenvalue weighted by molar-refractivity contribution is 6.42. The summed E-state index contributed by atoms with van der Waals surface area (Å²) in [6, 6.07) is 3.02. The van der Waals surface area contributed by atoms with Crippen molar-refractivity contribution in [3.63, 3.8) is 0 Å². The molecule has 0 radical (unpaired) electrons. The van der Waals surface area contributed by atoms with Crippen LogP contribution in [-0.4, -0.2) is 72.2 Å². The fraction of sp³-hybridized carbons (Fsp3) is 0.400. The third-order valence-electron chi connectivity index (χ3n) is 6.11. The summed E-state index contributed by atoms with van der Waals surface area (Å²) in [7, 11) is 0. The van der Waals surface area contributed by atoms with Gasteiger partial charge >= 0.3 is 6.03 Å². The number of aliphatic hydroxyl groups excluding tert-OH is 1. The summed E-state index contributed by atoms with van der Waals surface area (Å²) in [5.74, 6) is -1.40. The van der Waals surface area contributed by atoms with Crippen LogP contribution in [0.15, 0.2) is 18.2 Å². The number of amides is 4. The minimum absolute atomic E-state index is 0.0279. The van der Waals surface area contributed by atoms with Crippen LogP contribution >= 0.6 is 0 Å². The van der Waals surface area contributed by atoms with Crippen LogP contribution in [0.5, 0.6) is 0 Å². The molecular weight excluding hydrogens is 453 g/mol. The van der Waals surface area contributed by atoms with Crippen LogP contribution in [0, 0.1) is 19.7 Å². The molecule has 0 bridgehead atoms. The lowest BCUT2D eigenvalue weighted by Crippen LogP contribution is -2.42. The molecule has 4 N–H and O–H groups in total. The molecule has 1 aliphatic heterocycles. The van der Waals surface area contributed by atoms with Crippen LogP contribution in [0.25, 0.3) is 11.6 Å². The Labute approximate surface area is 204 Å². The molecule has 1 aliphatic rings. The van der Waals surface area contributed by atoms with E-state index in [1.165, 1.54) is 24.3 Å². The third kappa shape index (κ3) is 5.44. The fourth-order valence-electron chi connectivity index (χ4n) is 4.21. The number of aromatic nitrogens is 1. The third-order valence-corrected chi connectivity index (χ3v) is 6.11. The largest absolute Gasteiger partial charge is 0.395 e. The van der Waals surface area contributed by atoms with Crippen molar-refractivity contribution < 1.29 is 23.9 Å². The number of nitrogens with zero attached hydrogens (tertiary/aromatic N) is 2. The molecule has 2 aromatic rings. The molecule has 9 nitrogen and oxygen atoms in total. The molecule has 0 spiro atoms. The van der Waals surface area contributed by atoms with Gasteiger partial charge in [-0.2, -0.15) is 0 Å². The number of aryl methyl sites for hydroxylation is 1. The first-order valence-corrected chi connectivity index (χ1v) is 11.7. The average Bonchev–Trinajstić information content (AvgIpc) is 3.26. The van der Waals surface area contributed by atoms with Gasteiger partial charge < -0.3 is 25.6 Å². The van der Waals surface area contributed by atoms with Crippen LogP contribution in [-0.2, 0) is 4.79 Å². The van der Waals surface area contributed by atoms with Crippen LogP contribution in [0.2, 0.25) is 0 Å². The van der Waals surface area contributed by atoms with Crippen molar-refractivity contribution in [2.45, 2.75) is 27.7 Å². The minimum Gasteiger partial charge on any atom is -0.395 e. The van der Waals surface area contributed by atoms with Gasteiger partial charge in [-0.05, 0) is 56.8 Å². The number of imide groups is 1. The molecule has 2 heterocycles. The van der Waals surface area contributed by atoms with E-state index in [-0.39, 0.29) is 35.9 Å². The predicted octanol–water partition coefficient (Wildman–Crippen LogP) is 2.43. The highest BCUT2D eigenvalue weighted by atomic mass is 19.1. The lowest BCUT2D eigenvalue weighted by molar-refractivity contribution is -0.112. The molecule has 10 heteroatoms. The smallest absolute Gasteiger partial charge is 0.329 e. The number of aromatic amines is 1. The van der Waals surface area contributed by atoms with E-state index >= 15 is 0 Å². The normalized spacial score (nSPS) is 14.1. The van der Waals surface area contributed by atoms with E-state index in [4.69, 9.17) is 5.11 Å². The van der Waals surface area contributed by atoms with E-state index in [9.17, 15) is 18.8 Å². The summed E-state index contributed by atoms with van der Waals surface area (Å²) in [4.78, 5) is 44.9. The maximum atomic E-state index is 14.1. The van der Waals surface area contributed by atoms with Crippen molar-refractivity contribution in [1.29, 1.82) is 0 Å². The number of nitrogens with one attached hydrogen (secondary N) is 3. The summed E-state index contributed by atoms with van der Waals surface area (Å²) in [6.07, 6.45) is 1.54. The average molecular weight is 486 g/mol. The van der Waals surface area contributed by atoms with Gasteiger partial charge in [0, 0.05) is 36.6 Å². The van der Waals surface area contributed by atoms with Crippen molar-refractivity contribution in [2.24, 2.45) is 0 Å².